The molecule has 0 saturated carbocycles. The number of alkyl carbamates (subject to hydrolysis) is 1. The molecule has 11 heteroatoms. The number of nitrogens with one attached hydrogen (secondary N) is 2. The zero-order chi connectivity index (χ0) is 26.7. The lowest BCUT2D eigenvalue weighted by Gasteiger charge is -2.24. The molecule has 1 amide bonds. The van der Waals surface area contributed by atoms with Gasteiger partial charge in [-0.25, -0.2) is 19.2 Å². The van der Waals surface area contributed by atoms with Crippen LogP contribution in [0.2, 0.25) is 5.15 Å². The highest BCUT2D eigenvalue weighted by molar-refractivity contribution is 6.32. The Bertz CT molecular complexity index is 1440. The van der Waals surface area contributed by atoms with Crippen molar-refractivity contribution in [3.05, 3.63) is 64.8 Å². The number of ether oxygens (including phenoxy) is 2. The number of nitrogen functional groups attached to an aromatic ring is 1. The van der Waals surface area contributed by atoms with E-state index in [1.807, 2.05) is 13.0 Å². The first kappa shape index (κ1) is 26.2. The van der Waals surface area contributed by atoms with Gasteiger partial charge in [-0.1, -0.05) is 23.7 Å². The molecule has 0 aliphatic rings. The van der Waals surface area contributed by atoms with E-state index in [2.05, 4.69) is 25.5 Å². The van der Waals surface area contributed by atoms with Crippen molar-refractivity contribution < 1.29 is 18.7 Å². The Morgan fingerprint density at radius 2 is 2.05 bits per heavy atom. The highest BCUT2D eigenvalue weighted by Crippen LogP contribution is 2.34. The molecule has 9 nitrogen and oxygen atoms in total. The summed E-state index contributed by atoms with van der Waals surface area (Å²) < 4.78 is 25.1. The highest BCUT2D eigenvalue weighted by atomic mass is 35.5. The van der Waals surface area contributed by atoms with Crippen LogP contribution < -0.4 is 15.8 Å². The van der Waals surface area contributed by atoms with Gasteiger partial charge in [0.25, 0.3) is 0 Å². The minimum atomic E-state index is -0.684. The van der Waals surface area contributed by atoms with Crippen molar-refractivity contribution in [3.63, 3.8) is 0 Å². The number of fused-ring (bicyclic) bond motifs is 1. The Morgan fingerprint density at radius 3 is 2.78 bits per heavy atom. The molecule has 4 rings (SSSR count). The molecular weight excluding hydrogens is 499 g/mol. The fourth-order valence-corrected chi connectivity index (χ4v) is 3.99. The monoisotopic (exact) mass is 526 g/mol. The number of amides is 1. The third-order valence-electron chi connectivity index (χ3n) is 5.41. The molecule has 194 valence electrons. The molecular formula is C26H28ClFN6O3. The summed E-state index contributed by atoms with van der Waals surface area (Å²) in [6, 6.07) is 9.16. The van der Waals surface area contributed by atoms with Gasteiger partial charge in [-0.2, -0.15) is 5.10 Å². The zero-order valence-corrected chi connectivity index (χ0v) is 21.7. The third kappa shape index (κ3) is 6.65. The summed E-state index contributed by atoms with van der Waals surface area (Å²) in [6.07, 6.45) is 1.32. The molecule has 0 spiro atoms. The van der Waals surface area contributed by atoms with Gasteiger partial charge in [-0.05, 0) is 63.9 Å². The Balaban J connectivity index is 1.57. The minimum absolute atomic E-state index is 0.0147. The summed E-state index contributed by atoms with van der Waals surface area (Å²) in [5.74, 6) is -0.00800. The predicted molar refractivity (Wildman–Crippen MR) is 140 cm³/mol. The average Bonchev–Trinajstić information content (AvgIpc) is 3.17. The third-order valence-corrected chi connectivity index (χ3v) is 5.70. The highest BCUT2D eigenvalue weighted by Gasteiger charge is 2.22. The van der Waals surface area contributed by atoms with Crippen LogP contribution in [0.3, 0.4) is 0 Å². The van der Waals surface area contributed by atoms with Crippen LogP contribution in [0.15, 0.2) is 42.6 Å². The van der Waals surface area contributed by atoms with E-state index in [1.165, 1.54) is 12.1 Å². The van der Waals surface area contributed by atoms with Crippen LogP contribution in [0.25, 0.3) is 22.2 Å². The van der Waals surface area contributed by atoms with Gasteiger partial charge < -0.3 is 20.5 Å². The van der Waals surface area contributed by atoms with Crippen LogP contribution in [-0.2, 0) is 11.2 Å². The van der Waals surface area contributed by atoms with Crippen molar-refractivity contribution in [1.29, 1.82) is 0 Å². The van der Waals surface area contributed by atoms with Crippen molar-refractivity contribution in [3.8, 4) is 16.9 Å². The number of carbonyl (C=O) groups excluding carboxylic acids is 1. The number of aromatic amines is 1. The van der Waals surface area contributed by atoms with E-state index < -0.39 is 17.7 Å². The lowest BCUT2D eigenvalue weighted by molar-refractivity contribution is 0.0488. The molecule has 0 fully saturated rings. The molecule has 0 radical (unpaired) electrons. The number of aromatic nitrogens is 4. The fourth-order valence-electron chi connectivity index (χ4n) is 3.74. The maximum absolute atomic E-state index is 13.8. The Kier molecular flexibility index (Phi) is 7.49. The predicted octanol–water partition coefficient (Wildman–Crippen LogP) is 5.22. The quantitative estimate of drug-likeness (QED) is 0.282. The van der Waals surface area contributed by atoms with Gasteiger partial charge in [0.2, 0.25) is 0 Å². The molecule has 1 aromatic carbocycles. The second-order valence-corrected chi connectivity index (χ2v) is 10.0. The first-order valence-electron chi connectivity index (χ1n) is 11.6. The summed E-state index contributed by atoms with van der Waals surface area (Å²) in [6.45, 7) is 7.21. The van der Waals surface area contributed by atoms with E-state index in [1.54, 1.807) is 45.2 Å². The Hall–Kier alpha value is -3.92. The summed E-state index contributed by atoms with van der Waals surface area (Å²) >= 11 is 6.41. The molecule has 0 aliphatic carbocycles. The van der Waals surface area contributed by atoms with E-state index in [0.29, 0.717) is 28.8 Å². The Labute approximate surface area is 218 Å². The SMILES string of the molecule is Cc1[nH]nc2ncc(-c3cc(OC[C@H](Cc4cccc(F)c4)NC(=O)OC(C)(C)C)c(N)nc3Cl)cc12. The number of nitrogens with two attached hydrogens (primary N) is 1. The molecule has 4 N–H and O–H groups in total. The molecule has 3 heterocycles. The first-order chi connectivity index (χ1) is 17.5. The minimum Gasteiger partial charge on any atom is -0.488 e. The van der Waals surface area contributed by atoms with Crippen LogP contribution in [-0.4, -0.2) is 44.5 Å². The number of carbonyl (C=O) groups is 1. The maximum Gasteiger partial charge on any atom is 0.408 e. The summed E-state index contributed by atoms with van der Waals surface area (Å²) in [5.41, 5.74) is 8.84. The number of rotatable bonds is 7. The molecule has 0 aliphatic heterocycles. The van der Waals surface area contributed by atoms with E-state index >= 15 is 0 Å². The maximum atomic E-state index is 13.8. The fraction of sp³-hybridized carbons (Fsp3) is 0.308. The van der Waals surface area contributed by atoms with Gasteiger partial charge in [-0.15, -0.1) is 0 Å². The molecule has 1 atom stereocenters. The standard InChI is InChI=1S/C26H28ClFN6O3/c1-14-19-10-16(12-30-24(19)34-33-14)20-11-21(23(29)32-22(20)27)36-13-18(31-25(35)37-26(2,3)4)9-15-6-5-7-17(28)8-15/h5-8,10-12,18H,9,13H2,1-4H3,(H2,29,32)(H,31,35)(H,30,33,34)/t18-/m0/s1. The number of nitrogens with zero attached hydrogens (tertiary/aromatic N) is 3. The van der Waals surface area contributed by atoms with Gasteiger partial charge >= 0.3 is 6.09 Å². The first-order valence-corrected chi connectivity index (χ1v) is 12.0. The molecule has 37 heavy (non-hydrogen) atoms. The number of anilines is 1. The number of halogens is 2. The van der Waals surface area contributed by atoms with Crippen LogP contribution >= 0.6 is 11.6 Å². The number of aryl methyl sites for hydroxylation is 1. The van der Waals surface area contributed by atoms with Crippen LogP contribution in [0.4, 0.5) is 15.0 Å². The van der Waals surface area contributed by atoms with Gasteiger partial charge in [0.15, 0.2) is 17.2 Å². The van der Waals surface area contributed by atoms with Crippen molar-refractivity contribution >= 4 is 34.5 Å². The Morgan fingerprint density at radius 1 is 1.27 bits per heavy atom. The van der Waals surface area contributed by atoms with Gasteiger partial charge in [-0.3, -0.25) is 5.10 Å². The van der Waals surface area contributed by atoms with Crippen molar-refractivity contribution in [2.45, 2.75) is 45.8 Å². The van der Waals surface area contributed by atoms with Crippen LogP contribution in [0, 0.1) is 12.7 Å². The van der Waals surface area contributed by atoms with E-state index in [4.69, 9.17) is 26.8 Å². The number of benzene rings is 1. The topological polar surface area (TPSA) is 128 Å². The summed E-state index contributed by atoms with van der Waals surface area (Å²) in [4.78, 5) is 21.1. The summed E-state index contributed by atoms with van der Waals surface area (Å²) in [5, 5.41) is 10.9. The summed E-state index contributed by atoms with van der Waals surface area (Å²) in [7, 11) is 0. The van der Waals surface area contributed by atoms with Gasteiger partial charge in [0, 0.05) is 28.4 Å². The normalized spacial score (nSPS) is 12.4. The van der Waals surface area contributed by atoms with E-state index in [-0.39, 0.29) is 29.1 Å². The lowest BCUT2D eigenvalue weighted by atomic mass is 10.1. The lowest BCUT2D eigenvalue weighted by Crippen LogP contribution is -2.43. The van der Waals surface area contributed by atoms with E-state index in [0.717, 1.165) is 11.1 Å². The van der Waals surface area contributed by atoms with Gasteiger partial charge in [0.1, 0.15) is 23.2 Å². The second-order valence-electron chi connectivity index (χ2n) is 9.64. The number of hydrogen-bond donors (Lipinski definition) is 3. The molecule has 3 aromatic heterocycles. The largest absolute Gasteiger partial charge is 0.488 e. The number of pyridine rings is 2. The zero-order valence-electron chi connectivity index (χ0n) is 20.9. The van der Waals surface area contributed by atoms with Crippen molar-refractivity contribution in [2.24, 2.45) is 0 Å². The van der Waals surface area contributed by atoms with E-state index in [9.17, 15) is 9.18 Å². The second kappa shape index (κ2) is 10.6. The van der Waals surface area contributed by atoms with Crippen molar-refractivity contribution in [2.75, 3.05) is 12.3 Å². The number of hydrogen-bond acceptors (Lipinski definition) is 7. The molecule has 0 saturated heterocycles. The average molecular weight is 527 g/mol. The molecule has 0 unspecified atom stereocenters. The smallest absolute Gasteiger partial charge is 0.408 e. The molecule has 0 bridgehead atoms. The molecule has 4 aromatic rings. The number of H-pyrrole nitrogens is 1. The van der Waals surface area contributed by atoms with Crippen LogP contribution in [0.5, 0.6) is 5.75 Å². The van der Waals surface area contributed by atoms with Gasteiger partial charge in [0.05, 0.1) is 6.04 Å². The van der Waals surface area contributed by atoms with Crippen molar-refractivity contribution in [1.82, 2.24) is 25.5 Å². The van der Waals surface area contributed by atoms with Crippen LogP contribution in [0.1, 0.15) is 32.0 Å².